The Hall–Kier alpha value is -3.18. The fraction of sp³-hybridized carbons (Fsp3) is 0.793. The summed E-state index contributed by atoms with van der Waals surface area (Å²) >= 11 is 0. The van der Waals surface area contributed by atoms with Gasteiger partial charge in [-0.1, -0.05) is 413 Å². The van der Waals surface area contributed by atoms with E-state index in [1.54, 1.807) is 0 Å². The molecule has 0 aliphatic carbocycles. The SMILES string of the molecule is CC/C=C\C/C=C\C/C=C\C/C=C\C/C=C\C/C=C\C/C=C\CCCCCCCCCCCCCCCCCC(=O)OC(CO)COC(=O)CCCCCCCCCCCCCCCCCCCCCCCCCCCCCCC/C=C\CCCCCCCCCC. The topological polar surface area (TPSA) is 72.8 Å². The van der Waals surface area contributed by atoms with Crippen LogP contribution in [0.25, 0.3) is 0 Å². The molecule has 0 aliphatic heterocycles. The van der Waals surface area contributed by atoms with Gasteiger partial charge in [-0.3, -0.25) is 9.59 Å². The van der Waals surface area contributed by atoms with E-state index >= 15 is 0 Å². The van der Waals surface area contributed by atoms with Gasteiger partial charge in [0.15, 0.2) is 6.10 Å². The van der Waals surface area contributed by atoms with Crippen LogP contribution in [0, 0.1) is 0 Å². The number of rotatable bonds is 76. The highest BCUT2D eigenvalue weighted by molar-refractivity contribution is 5.70. The van der Waals surface area contributed by atoms with E-state index in [2.05, 4.69) is 111 Å². The molecule has 1 atom stereocenters. The minimum absolute atomic E-state index is 0.0637. The smallest absolute Gasteiger partial charge is 0.306 e. The third-order valence-corrected chi connectivity index (χ3v) is 18.4. The van der Waals surface area contributed by atoms with Crippen LogP contribution in [-0.4, -0.2) is 36.4 Å². The number of esters is 2. The van der Waals surface area contributed by atoms with E-state index in [0.29, 0.717) is 12.8 Å². The fourth-order valence-electron chi connectivity index (χ4n) is 12.3. The minimum Gasteiger partial charge on any atom is -0.462 e. The molecule has 0 aromatic carbocycles. The molecule has 0 fully saturated rings. The molecule has 0 aromatic heterocycles. The second kappa shape index (κ2) is 82.1. The number of unbranched alkanes of at least 4 members (excludes halogenated alkanes) is 52. The number of carbonyl (C=O) groups is 2. The van der Waals surface area contributed by atoms with E-state index in [4.69, 9.17) is 9.47 Å². The van der Waals surface area contributed by atoms with Gasteiger partial charge in [-0.2, -0.15) is 0 Å². The molecule has 0 radical (unpaired) electrons. The second-order valence-corrected chi connectivity index (χ2v) is 27.5. The molecular weight excluding hydrogens is 1120 g/mol. The Kier molecular flexibility index (Phi) is 79.2. The summed E-state index contributed by atoms with van der Waals surface area (Å²) in [5.41, 5.74) is 0. The van der Waals surface area contributed by atoms with E-state index in [0.717, 1.165) is 83.5 Å². The van der Waals surface area contributed by atoms with Crippen molar-refractivity contribution in [3.05, 3.63) is 97.2 Å². The molecule has 534 valence electrons. The summed E-state index contributed by atoms with van der Waals surface area (Å²) in [6, 6.07) is 0. The van der Waals surface area contributed by atoms with Crippen molar-refractivity contribution >= 4 is 11.9 Å². The molecule has 1 N–H and O–H groups in total. The Labute approximate surface area is 574 Å². The maximum Gasteiger partial charge on any atom is 0.306 e. The highest BCUT2D eigenvalue weighted by Gasteiger charge is 2.16. The average Bonchev–Trinajstić information content (AvgIpc) is 3.70. The van der Waals surface area contributed by atoms with Crippen molar-refractivity contribution in [3.63, 3.8) is 0 Å². The van der Waals surface area contributed by atoms with Crippen LogP contribution in [0.4, 0.5) is 0 Å². The van der Waals surface area contributed by atoms with Gasteiger partial charge in [-0.25, -0.2) is 0 Å². The standard InChI is InChI=1S/C87H156O5/c1-3-5-7-9-11-13-15-17-19-21-23-25-27-29-31-33-35-37-39-41-42-43-44-46-47-49-51-53-55-57-59-61-63-65-67-69-71-73-75-77-79-81-86(89)91-84-85(83-88)92-87(90)82-80-78-76-74-72-70-68-66-64-62-60-58-56-54-52-50-48-45-40-38-36-34-32-30-28-26-24-22-20-18-16-14-12-10-8-6-4-2/h6,8,12,14,18,20-21,23-24,26,30,32,36,38,45,48,85,88H,3-5,7,9-11,13,15-17,19,22,25,27-29,31,33-35,37,39-44,46-47,49-84H2,1-2H3/b8-6-,14-12-,20-18-,23-21-,26-24-,32-30-,38-36-,48-45-. The molecular formula is C87H156O5. The summed E-state index contributed by atoms with van der Waals surface area (Å²) in [6.07, 6.45) is 118. The normalized spacial score (nSPS) is 12.7. The van der Waals surface area contributed by atoms with E-state index in [1.807, 2.05) is 0 Å². The van der Waals surface area contributed by atoms with Crippen molar-refractivity contribution in [2.24, 2.45) is 0 Å². The molecule has 0 amide bonds. The largest absolute Gasteiger partial charge is 0.462 e. The Morgan fingerprint density at radius 2 is 0.467 bits per heavy atom. The van der Waals surface area contributed by atoms with Crippen molar-refractivity contribution in [2.75, 3.05) is 13.2 Å². The van der Waals surface area contributed by atoms with Crippen LogP contribution < -0.4 is 0 Å². The first-order valence-corrected chi connectivity index (χ1v) is 40.8. The zero-order chi connectivity index (χ0) is 66.1. The molecule has 5 nitrogen and oxygen atoms in total. The van der Waals surface area contributed by atoms with Gasteiger partial charge in [0.25, 0.3) is 0 Å². The molecule has 0 aromatic rings. The monoisotopic (exact) mass is 1280 g/mol. The molecule has 0 saturated heterocycles. The van der Waals surface area contributed by atoms with Crippen LogP contribution in [0.3, 0.4) is 0 Å². The molecule has 0 spiro atoms. The van der Waals surface area contributed by atoms with Gasteiger partial charge in [-0.05, 0) is 96.3 Å². The lowest BCUT2D eigenvalue weighted by Crippen LogP contribution is -2.28. The van der Waals surface area contributed by atoms with E-state index in [9.17, 15) is 14.7 Å². The molecule has 5 heteroatoms. The van der Waals surface area contributed by atoms with Crippen molar-refractivity contribution in [1.29, 1.82) is 0 Å². The average molecular weight is 1280 g/mol. The van der Waals surface area contributed by atoms with Gasteiger partial charge in [0.05, 0.1) is 6.61 Å². The Balaban J connectivity index is 3.40. The number of aliphatic hydroxyl groups is 1. The summed E-state index contributed by atoms with van der Waals surface area (Å²) in [5.74, 6) is -0.572. The lowest BCUT2D eigenvalue weighted by molar-refractivity contribution is -0.161. The number of ether oxygens (including phenoxy) is 2. The Bertz CT molecular complexity index is 1700. The summed E-state index contributed by atoms with van der Waals surface area (Å²) in [6.45, 7) is 4.08. The second-order valence-electron chi connectivity index (χ2n) is 27.5. The first kappa shape index (κ1) is 88.8. The first-order valence-electron chi connectivity index (χ1n) is 40.8. The number of allylic oxidation sites excluding steroid dienone is 16. The predicted molar refractivity (Wildman–Crippen MR) is 408 cm³/mol. The number of aliphatic hydroxyl groups excluding tert-OH is 1. The third-order valence-electron chi connectivity index (χ3n) is 18.4. The van der Waals surface area contributed by atoms with Crippen LogP contribution in [0.5, 0.6) is 0 Å². The van der Waals surface area contributed by atoms with Crippen LogP contribution in [0.2, 0.25) is 0 Å². The van der Waals surface area contributed by atoms with Gasteiger partial charge >= 0.3 is 11.9 Å². The molecule has 0 heterocycles. The van der Waals surface area contributed by atoms with Crippen LogP contribution in [-0.2, 0) is 19.1 Å². The van der Waals surface area contributed by atoms with Crippen LogP contribution >= 0.6 is 0 Å². The Morgan fingerprint density at radius 1 is 0.261 bits per heavy atom. The van der Waals surface area contributed by atoms with Gasteiger partial charge in [-0.15, -0.1) is 0 Å². The van der Waals surface area contributed by atoms with Gasteiger partial charge in [0, 0.05) is 12.8 Å². The predicted octanol–water partition coefficient (Wildman–Crippen LogP) is 28.9. The highest BCUT2D eigenvalue weighted by atomic mass is 16.6. The van der Waals surface area contributed by atoms with Gasteiger partial charge in [0.2, 0.25) is 0 Å². The first-order chi connectivity index (χ1) is 45.6. The number of carbonyl (C=O) groups excluding carboxylic acids is 2. The maximum absolute atomic E-state index is 12.4. The van der Waals surface area contributed by atoms with E-state index in [-0.39, 0.29) is 25.2 Å². The maximum atomic E-state index is 12.4. The van der Waals surface area contributed by atoms with Crippen molar-refractivity contribution in [1.82, 2.24) is 0 Å². The quantitative estimate of drug-likeness (QED) is 0.0373. The summed E-state index contributed by atoms with van der Waals surface area (Å²) in [4.78, 5) is 24.7. The van der Waals surface area contributed by atoms with Gasteiger partial charge in [0.1, 0.15) is 6.61 Å². The highest BCUT2D eigenvalue weighted by Crippen LogP contribution is 2.20. The fourth-order valence-corrected chi connectivity index (χ4v) is 12.3. The number of hydrogen-bond donors (Lipinski definition) is 1. The van der Waals surface area contributed by atoms with Crippen molar-refractivity contribution in [2.45, 2.75) is 431 Å². The molecule has 0 aliphatic rings. The van der Waals surface area contributed by atoms with Crippen molar-refractivity contribution in [3.8, 4) is 0 Å². The summed E-state index contributed by atoms with van der Waals surface area (Å²) in [5, 5.41) is 9.73. The van der Waals surface area contributed by atoms with E-state index in [1.165, 1.54) is 315 Å². The Morgan fingerprint density at radius 3 is 0.717 bits per heavy atom. The third kappa shape index (κ3) is 79.3. The van der Waals surface area contributed by atoms with E-state index < -0.39 is 6.10 Å². The van der Waals surface area contributed by atoms with Crippen LogP contribution in [0.1, 0.15) is 425 Å². The summed E-state index contributed by atoms with van der Waals surface area (Å²) in [7, 11) is 0. The zero-order valence-corrected chi connectivity index (χ0v) is 61.6. The lowest BCUT2D eigenvalue weighted by atomic mass is 10.0. The molecule has 0 rings (SSSR count). The van der Waals surface area contributed by atoms with Gasteiger partial charge < -0.3 is 14.6 Å². The minimum atomic E-state index is -0.776. The lowest BCUT2D eigenvalue weighted by Gasteiger charge is -2.15. The molecule has 92 heavy (non-hydrogen) atoms. The molecule has 0 bridgehead atoms. The van der Waals surface area contributed by atoms with Crippen molar-refractivity contribution < 1.29 is 24.2 Å². The molecule has 0 saturated carbocycles. The zero-order valence-electron chi connectivity index (χ0n) is 61.6. The van der Waals surface area contributed by atoms with Crippen LogP contribution in [0.15, 0.2) is 97.2 Å². The molecule has 1 unspecified atom stereocenters. The number of hydrogen-bond acceptors (Lipinski definition) is 5. The summed E-state index contributed by atoms with van der Waals surface area (Å²) < 4.78 is 10.8.